The number of hydrogen-bond donors (Lipinski definition) is 0. The van der Waals surface area contributed by atoms with Crippen molar-refractivity contribution in [3.05, 3.63) is 36.4 Å². The van der Waals surface area contributed by atoms with Gasteiger partial charge in [0.05, 0.1) is 4.90 Å². The van der Waals surface area contributed by atoms with Gasteiger partial charge >= 0.3 is 6.09 Å². The molecule has 0 aliphatic carbocycles. The average Bonchev–Trinajstić information content (AvgIpc) is 3.23. The number of carbonyl (C=O) groups is 2. The van der Waals surface area contributed by atoms with Gasteiger partial charge < -0.3 is 9.15 Å². The molecule has 2 fully saturated rings. The number of ether oxygens (including phenoxy) is 1. The fourth-order valence-corrected chi connectivity index (χ4v) is 5.41. The number of sulfonamides is 1. The number of oxazole rings is 1. The Morgan fingerprint density at radius 3 is 2.16 bits per heavy atom. The maximum atomic E-state index is 13.1. The van der Waals surface area contributed by atoms with Crippen LogP contribution in [0.1, 0.15) is 39.5 Å². The van der Waals surface area contributed by atoms with E-state index in [1.54, 1.807) is 39.8 Å². The third-order valence-electron chi connectivity index (χ3n) is 5.67. The predicted molar refractivity (Wildman–Crippen MR) is 110 cm³/mol. The van der Waals surface area contributed by atoms with Crippen molar-refractivity contribution in [1.29, 1.82) is 0 Å². The molecule has 0 bridgehead atoms. The number of carbonyl (C=O) groups excluding carboxylic acids is 2. The van der Waals surface area contributed by atoms with E-state index in [0.717, 1.165) is 10.5 Å². The zero-order valence-electron chi connectivity index (χ0n) is 17.9. The van der Waals surface area contributed by atoms with E-state index in [-0.39, 0.29) is 30.8 Å². The first-order valence-corrected chi connectivity index (χ1v) is 11.5. The van der Waals surface area contributed by atoms with Crippen LogP contribution in [-0.4, -0.2) is 58.8 Å². The van der Waals surface area contributed by atoms with Crippen LogP contribution in [0.15, 0.2) is 39.8 Å². The summed E-state index contributed by atoms with van der Waals surface area (Å²) in [6, 6.07) is 6.42. The molecule has 0 N–H and O–H groups in total. The summed E-state index contributed by atoms with van der Waals surface area (Å²) in [4.78, 5) is 30.7. The molecular formula is C21H25N3O6S. The van der Waals surface area contributed by atoms with E-state index < -0.39 is 33.2 Å². The molecular weight excluding hydrogens is 422 g/mol. The van der Waals surface area contributed by atoms with Crippen LogP contribution in [0.5, 0.6) is 0 Å². The van der Waals surface area contributed by atoms with Crippen molar-refractivity contribution in [3.8, 4) is 11.3 Å². The van der Waals surface area contributed by atoms with Crippen LogP contribution < -0.4 is 0 Å². The van der Waals surface area contributed by atoms with E-state index in [0.29, 0.717) is 11.6 Å². The summed E-state index contributed by atoms with van der Waals surface area (Å²) >= 11 is 0. The van der Waals surface area contributed by atoms with E-state index in [2.05, 4.69) is 4.98 Å². The molecule has 1 aromatic heterocycles. The van der Waals surface area contributed by atoms with Gasteiger partial charge in [0.1, 0.15) is 12.0 Å². The molecule has 166 valence electrons. The Morgan fingerprint density at radius 2 is 1.68 bits per heavy atom. The fraction of sp³-hybridized carbons (Fsp3) is 0.476. The van der Waals surface area contributed by atoms with Crippen molar-refractivity contribution in [3.63, 3.8) is 0 Å². The number of aryl methyl sites for hydroxylation is 1. The molecule has 1 spiro atoms. The Morgan fingerprint density at radius 1 is 1.06 bits per heavy atom. The molecule has 2 amide bonds. The number of hydrogen-bond acceptors (Lipinski definition) is 7. The lowest BCUT2D eigenvalue weighted by atomic mass is 9.90. The van der Waals surface area contributed by atoms with E-state index in [4.69, 9.17) is 9.15 Å². The van der Waals surface area contributed by atoms with Crippen molar-refractivity contribution in [1.82, 2.24) is 14.2 Å². The molecule has 2 aliphatic heterocycles. The molecule has 2 aromatic rings. The van der Waals surface area contributed by atoms with Crippen LogP contribution in [0.2, 0.25) is 0 Å². The van der Waals surface area contributed by atoms with Crippen molar-refractivity contribution in [2.75, 3.05) is 13.1 Å². The van der Waals surface area contributed by atoms with E-state index >= 15 is 0 Å². The molecule has 0 unspecified atom stereocenters. The highest BCUT2D eigenvalue weighted by atomic mass is 32.2. The lowest BCUT2D eigenvalue weighted by Crippen LogP contribution is -2.53. The number of nitrogens with zero attached hydrogens (tertiary/aromatic N) is 3. The highest BCUT2D eigenvalue weighted by molar-refractivity contribution is 7.89. The molecule has 3 heterocycles. The van der Waals surface area contributed by atoms with E-state index in [9.17, 15) is 18.0 Å². The fourth-order valence-electron chi connectivity index (χ4n) is 3.97. The third kappa shape index (κ3) is 3.63. The van der Waals surface area contributed by atoms with Crippen LogP contribution in [0.3, 0.4) is 0 Å². The van der Waals surface area contributed by atoms with Crippen molar-refractivity contribution < 1.29 is 27.2 Å². The Hall–Kier alpha value is -2.72. The van der Waals surface area contributed by atoms with Crippen LogP contribution in [0.4, 0.5) is 4.79 Å². The third-order valence-corrected chi connectivity index (χ3v) is 7.58. The molecule has 0 radical (unpaired) electrons. The van der Waals surface area contributed by atoms with Crippen LogP contribution in [0.25, 0.3) is 11.3 Å². The van der Waals surface area contributed by atoms with Gasteiger partial charge in [-0.05, 0) is 32.9 Å². The smallest absolute Gasteiger partial charge is 0.418 e. The summed E-state index contributed by atoms with van der Waals surface area (Å²) in [5, 5.41) is 0. The minimum atomic E-state index is -3.75. The van der Waals surface area contributed by atoms with Gasteiger partial charge in [-0.3, -0.25) is 4.79 Å². The Labute approximate surface area is 181 Å². The number of piperidine rings is 1. The minimum Gasteiger partial charge on any atom is -0.449 e. The largest absolute Gasteiger partial charge is 0.449 e. The SMILES string of the molecule is Cc1nc(-c2ccc(S(=O)(=O)N3CCC4(CC3)OC(=O)N(C(C)(C)C)C4=O)cc2)co1. The van der Waals surface area contributed by atoms with Gasteiger partial charge in [0.2, 0.25) is 10.0 Å². The summed E-state index contributed by atoms with van der Waals surface area (Å²) in [6.45, 7) is 7.18. The summed E-state index contributed by atoms with van der Waals surface area (Å²) in [5.41, 5.74) is -0.610. The molecule has 10 heteroatoms. The van der Waals surface area contributed by atoms with Gasteiger partial charge in [0.25, 0.3) is 5.91 Å². The second-order valence-corrected chi connectivity index (χ2v) is 10.8. The maximum Gasteiger partial charge on any atom is 0.418 e. The van der Waals surface area contributed by atoms with Gasteiger partial charge in [-0.25, -0.2) is 23.1 Å². The number of benzene rings is 1. The number of rotatable bonds is 3. The Balaban J connectivity index is 1.50. The summed E-state index contributed by atoms with van der Waals surface area (Å²) < 4.78 is 38.2. The molecule has 0 atom stereocenters. The highest BCUT2D eigenvalue weighted by Gasteiger charge is 2.58. The van der Waals surface area contributed by atoms with Crippen molar-refractivity contribution in [2.45, 2.75) is 56.6 Å². The second-order valence-electron chi connectivity index (χ2n) is 8.85. The molecule has 1 aromatic carbocycles. The zero-order chi connectivity index (χ0) is 22.6. The predicted octanol–water partition coefficient (Wildman–Crippen LogP) is 2.95. The van der Waals surface area contributed by atoms with Gasteiger partial charge in [-0.15, -0.1) is 0 Å². The van der Waals surface area contributed by atoms with E-state index in [1.807, 2.05) is 0 Å². The first kappa shape index (κ1) is 21.5. The zero-order valence-corrected chi connectivity index (χ0v) is 18.7. The van der Waals surface area contributed by atoms with Crippen molar-refractivity contribution in [2.24, 2.45) is 0 Å². The summed E-state index contributed by atoms with van der Waals surface area (Å²) in [5.74, 6) is 0.135. The van der Waals surface area contributed by atoms with Gasteiger partial charge in [-0.1, -0.05) is 12.1 Å². The Kier molecular flexibility index (Phi) is 4.97. The molecule has 9 nitrogen and oxygen atoms in total. The Bertz CT molecular complexity index is 1120. The highest BCUT2D eigenvalue weighted by Crippen LogP contribution is 2.38. The molecule has 2 saturated heterocycles. The van der Waals surface area contributed by atoms with Gasteiger partial charge in [0, 0.05) is 44.0 Å². The average molecular weight is 448 g/mol. The molecule has 4 rings (SSSR count). The maximum absolute atomic E-state index is 13.1. The summed E-state index contributed by atoms with van der Waals surface area (Å²) in [6.07, 6.45) is 1.09. The number of imide groups is 1. The normalized spacial score (nSPS) is 19.8. The first-order valence-electron chi connectivity index (χ1n) is 10.0. The topological polar surface area (TPSA) is 110 Å². The number of aromatic nitrogens is 1. The summed E-state index contributed by atoms with van der Waals surface area (Å²) in [7, 11) is -3.75. The van der Waals surface area contributed by atoms with Gasteiger partial charge in [-0.2, -0.15) is 4.31 Å². The quantitative estimate of drug-likeness (QED) is 0.711. The number of amides is 2. The minimum absolute atomic E-state index is 0.0869. The molecule has 2 aliphatic rings. The standard InChI is InChI=1S/C21H25N3O6S/c1-14-22-17(13-29-14)15-5-7-16(8-6-15)31(27,28)23-11-9-21(10-12-23)18(25)24(19(26)30-21)20(2,3)4/h5-8,13H,9-12H2,1-4H3. The monoisotopic (exact) mass is 447 g/mol. The first-order chi connectivity index (χ1) is 14.4. The van der Waals surface area contributed by atoms with Crippen molar-refractivity contribution >= 4 is 22.0 Å². The molecule has 31 heavy (non-hydrogen) atoms. The lowest BCUT2D eigenvalue weighted by Gasteiger charge is -2.36. The lowest BCUT2D eigenvalue weighted by molar-refractivity contribution is -0.142. The van der Waals surface area contributed by atoms with Crippen LogP contribution in [-0.2, 0) is 19.6 Å². The van der Waals surface area contributed by atoms with E-state index in [1.165, 1.54) is 22.7 Å². The second kappa shape index (κ2) is 7.16. The van der Waals surface area contributed by atoms with Crippen LogP contribution >= 0.6 is 0 Å². The van der Waals surface area contributed by atoms with Crippen LogP contribution in [0, 0.1) is 6.92 Å². The van der Waals surface area contributed by atoms with Gasteiger partial charge in [0.15, 0.2) is 11.5 Å². The molecule has 0 saturated carbocycles.